The van der Waals surface area contributed by atoms with Crippen LogP contribution < -0.4 is 10.6 Å². The molecule has 0 aliphatic rings. The number of benzene rings is 1. The molecule has 0 fully saturated rings. The molecule has 0 aliphatic carbocycles. The first-order valence-corrected chi connectivity index (χ1v) is 5.88. The van der Waals surface area contributed by atoms with Crippen molar-refractivity contribution in [1.82, 2.24) is 10.6 Å². The molecule has 1 rings (SSSR count). The molecule has 2 N–H and O–H groups in total. The van der Waals surface area contributed by atoms with Crippen molar-refractivity contribution in [3.63, 3.8) is 0 Å². The van der Waals surface area contributed by atoms with Crippen molar-refractivity contribution in [3.05, 3.63) is 35.9 Å². The van der Waals surface area contributed by atoms with E-state index in [4.69, 9.17) is 4.74 Å². The monoisotopic (exact) mass is 222 g/mol. The molecule has 0 amide bonds. The number of rotatable bonds is 9. The molecule has 0 aliphatic heterocycles. The van der Waals surface area contributed by atoms with Gasteiger partial charge in [0.1, 0.15) is 0 Å². The first-order chi connectivity index (χ1) is 7.93. The highest BCUT2D eigenvalue weighted by atomic mass is 16.5. The number of ether oxygens (including phenoxy) is 1. The molecular weight excluding hydrogens is 200 g/mol. The van der Waals surface area contributed by atoms with Gasteiger partial charge in [-0.1, -0.05) is 30.3 Å². The lowest BCUT2D eigenvalue weighted by Crippen LogP contribution is -2.28. The van der Waals surface area contributed by atoms with Crippen molar-refractivity contribution in [1.29, 1.82) is 0 Å². The molecule has 16 heavy (non-hydrogen) atoms. The Hall–Kier alpha value is -0.900. The van der Waals surface area contributed by atoms with Crippen molar-refractivity contribution in [2.45, 2.75) is 13.0 Å². The molecule has 0 atom stereocenters. The van der Waals surface area contributed by atoms with Crippen LogP contribution in [-0.2, 0) is 11.3 Å². The predicted octanol–water partition coefficient (Wildman–Crippen LogP) is 1.40. The lowest BCUT2D eigenvalue weighted by atomic mass is 10.2. The summed E-state index contributed by atoms with van der Waals surface area (Å²) in [6, 6.07) is 10.5. The summed E-state index contributed by atoms with van der Waals surface area (Å²) < 4.78 is 4.97. The molecule has 0 bridgehead atoms. The van der Waals surface area contributed by atoms with Gasteiger partial charge in [-0.25, -0.2) is 0 Å². The van der Waals surface area contributed by atoms with Crippen molar-refractivity contribution in [2.75, 3.05) is 33.4 Å². The Labute approximate surface area is 98.2 Å². The second-order valence-electron chi connectivity index (χ2n) is 3.76. The van der Waals surface area contributed by atoms with Gasteiger partial charge < -0.3 is 15.4 Å². The number of methoxy groups -OCH3 is 1. The first-order valence-electron chi connectivity index (χ1n) is 5.88. The van der Waals surface area contributed by atoms with Crippen LogP contribution in [0.1, 0.15) is 12.0 Å². The third kappa shape index (κ3) is 6.56. The quantitative estimate of drug-likeness (QED) is 0.620. The summed E-state index contributed by atoms with van der Waals surface area (Å²) in [7, 11) is 1.74. The molecule has 0 aromatic heterocycles. The van der Waals surface area contributed by atoms with Crippen molar-refractivity contribution < 1.29 is 4.74 Å². The highest BCUT2D eigenvalue weighted by molar-refractivity contribution is 5.14. The van der Waals surface area contributed by atoms with Gasteiger partial charge in [-0.15, -0.1) is 0 Å². The first kappa shape index (κ1) is 13.2. The minimum atomic E-state index is 0.838. The summed E-state index contributed by atoms with van der Waals surface area (Å²) >= 11 is 0. The zero-order chi connectivity index (χ0) is 11.5. The molecule has 0 saturated heterocycles. The Balaban J connectivity index is 1.89. The Bertz CT molecular complexity index is 251. The summed E-state index contributed by atoms with van der Waals surface area (Å²) in [4.78, 5) is 0. The number of hydrogen-bond donors (Lipinski definition) is 2. The van der Waals surface area contributed by atoms with Gasteiger partial charge in [0.15, 0.2) is 0 Å². The van der Waals surface area contributed by atoms with Crippen molar-refractivity contribution >= 4 is 0 Å². The topological polar surface area (TPSA) is 33.3 Å². The Kier molecular flexibility index (Phi) is 7.68. The molecule has 0 radical (unpaired) electrons. The molecule has 0 heterocycles. The minimum Gasteiger partial charge on any atom is -0.385 e. The Morgan fingerprint density at radius 2 is 1.75 bits per heavy atom. The van der Waals surface area contributed by atoms with E-state index in [1.165, 1.54) is 5.56 Å². The van der Waals surface area contributed by atoms with E-state index in [1.807, 2.05) is 6.07 Å². The van der Waals surface area contributed by atoms with E-state index in [-0.39, 0.29) is 0 Å². The number of hydrogen-bond acceptors (Lipinski definition) is 3. The largest absolute Gasteiger partial charge is 0.385 e. The lowest BCUT2D eigenvalue weighted by molar-refractivity contribution is 0.194. The molecule has 0 unspecified atom stereocenters. The molecule has 1 aromatic carbocycles. The van der Waals surface area contributed by atoms with Gasteiger partial charge in [0.25, 0.3) is 0 Å². The number of nitrogens with one attached hydrogen (secondary N) is 2. The zero-order valence-electron chi connectivity index (χ0n) is 10.0. The minimum absolute atomic E-state index is 0.838. The van der Waals surface area contributed by atoms with E-state index in [0.29, 0.717) is 0 Å². The Morgan fingerprint density at radius 3 is 2.50 bits per heavy atom. The van der Waals surface area contributed by atoms with E-state index < -0.39 is 0 Å². The second-order valence-corrected chi connectivity index (χ2v) is 3.76. The van der Waals surface area contributed by atoms with Crippen molar-refractivity contribution in [2.24, 2.45) is 0 Å². The van der Waals surface area contributed by atoms with Crippen LogP contribution in [0.5, 0.6) is 0 Å². The van der Waals surface area contributed by atoms with Gasteiger partial charge in [-0.05, 0) is 18.5 Å². The van der Waals surface area contributed by atoms with Gasteiger partial charge in [-0.2, -0.15) is 0 Å². The highest BCUT2D eigenvalue weighted by Gasteiger charge is 1.90. The van der Waals surface area contributed by atoms with Gasteiger partial charge in [0.2, 0.25) is 0 Å². The average molecular weight is 222 g/mol. The molecule has 1 aromatic rings. The van der Waals surface area contributed by atoms with Crippen LogP contribution >= 0.6 is 0 Å². The summed E-state index contributed by atoms with van der Waals surface area (Å²) in [5.41, 5.74) is 1.34. The summed E-state index contributed by atoms with van der Waals surface area (Å²) in [5, 5.41) is 6.76. The summed E-state index contributed by atoms with van der Waals surface area (Å²) in [6.45, 7) is 4.82. The van der Waals surface area contributed by atoms with Gasteiger partial charge >= 0.3 is 0 Å². The highest BCUT2D eigenvalue weighted by Crippen LogP contribution is 1.96. The maximum absolute atomic E-state index is 4.97. The van der Waals surface area contributed by atoms with Gasteiger partial charge in [-0.3, -0.25) is 0 Å². The van der Waals surface area contributed by atoms with E-state index in [0.717, 1.165) is 39.2 Å². The third-order valence-electron chi connectivity index (χ3n) is 2.35. The van der Waals surface area contributed by atoms with Crippen molar-refractivity contribution in [3.8, 4) is 0 Å². The van der Waals surface area contributed by atoms with E-state index >= 15 is 0 Å². The molecule has 3 heteroatoms. The standard InChI is InChI=1S/C13H22N2O/c1-16-11-5-8-14-9-10-15-12-13-6-3-2-4-7-13/h2-4,6-7,14-15H,5,8-12H2,1H3. The molecule has 3 nitrogen and oxygen atoms in total. The smallest absolute Gasteiger partial charge is 0.0474 e. The summed E-state index contributed by atoms with van der Waals surface area (Å²) in [5.74, 6) is 0. The van der Waals surface area contributed by atoms with Crippen LogP contribution in [0.4, 0.5) is 0 Å². The third-order valence-corrected chi connectivity index (χ3v) is 2.35. The SMILES string of the molecule is COCCCNCCNCc1ccccc1. The second kappa shape index (κ2) is 9.33. The Morgan fingerprint density at radius 1 is 1.00 bits per heavy atom. The normalized spacial score (nSPS) is 10.6. The van der Waals surface area contributed by atoms with Gasteiger partial charge in [0.05, 0.1) is 0 Å². The average Bonchev–Trinajstić information content (AvgIpc) is 2.34. The zero-order valence-corrected chi connectivity index (χ0v) is 10.0. The predicted molar refractivity (Wildman–Crippen MR) is 67.5 cm³/mol. The van der Waals surface area contributed by atoms with Crippen LogP contribution in [0.25, 0.3) is 0 Å². The van der Waals surface area contributed by atoms with E-state index in [1.54, 1.807) is 7.11 Å². The fraction of sp³-hybridized carbons (Fsp3) is 0.538. The fourth-order valence-corrected chi connectivity index (χ4v) is 1.47. The van der Waals surface area contributed by atoms with E-state index in [9.17, 15) is 0 Å². The molecular formula is C13H22N2O. The van der Waals surface area contributed by atoms with E-state index in [2.05, 4.69) is 34.9 Å². The van der Waals surface area contributed by atoms with Crippen LogP contribution in [0.15, 0.2) is 30.3 Å². The molecule has 90 valence electrons. The summed E-state index contributed by atoms with van der Waals surface area (Å²) in [6.07, 6.45) is 1.08. The van der Waals surface area contributed by atoms with Crippen LogP contribution in [0, 0.1) is 0 Å². The van der Waals surface area contributed by atoms with Crippen LogP contribution in [0.2, 0.25) is 0 Å². The fourth-order valence-electron chi connectivity index (χ4n) is 1.47. The van der Waals surface area contributed by atoms with Crippen LogP contribution in [0.3, 0.4) is 0 Å². The van der Waals surface area contributed by atoms with Crippen LogP contribution in [-0.4, -0.2) is 33.4 Å². The lowest BCUT2D eigenvalue weighted by Gasteiger charge is -2.06. The maximum Gasteiger partial charge on any atom is 0.0474 e. The molecule has 0 spiro atoms. The van der Waals surface area contributed by atoms with Gasteiger partial charge in [0, 0.05) is 33.4 Å². The maximum atomic E-state index is 4.97. The molecule has 0 saturated carbocycles.